The van der Waals surface area contributed by atoms with Crippen molar-refractivity contribution in [3.05, 3.63) is 35.8 Å². The molecule has 5 heteroatoms. The lowest BCUT2D eigenvalue weighted by Crippen LogP contribution is -2.28. The average Bonchev–Trinajstić information content (AvgIpc) is 3.19. The normalized spacial score (nSPS) is 19.7. The molecule has 2 aromatic rings. The van der Waals surface area contributed by atoms with E-state index >= 15 is 0 Å². The van der Waals surface area contributed by atoms with Crippen molar-refractivity contribution in [1.29, 1.82) is 5.26 Å². The largest absolute Gasteiger partial charge is 0.381 e. The maximum atomic E-state index is 13.3. The molecule has 0 unspecified atom stereocenters. The second kappa shape index (κ2) is 7.99. The van der Waals surface area contributed by atoms with E-state index in [1.807, 2.05) is 13.1 Å². The Morgan fingerprint density at radius 2 is 1.84 bits per heavy atom. The molecule has 0 amide bonds. The summed E-state index contributed by atoms with van der Waals surface area (Å²) in [5, 5.41) is 12.6. The van der Waals surface area contributed by atoms with Gasteiger partial charge in [0.15, 0.2) is 0 Å². The zero-order chi connectivity index (χ0) is 17.7. The lowest BCUT2D eigenvalue weighted by molar-refractivity contribution is 0.0367. The summed E-state index contributed by atoms with van der Waals surface area (Å²) in [5.41, 5.74) is 1.97. The fraction of sp³-hybridized carbons (Fsp3) is 0.550. The summed E-state index contributed by atoms with van der Waals surface area (Å²) < 4.78 is 19.8. The summed E-state index contributed by atoms with van der Waals surface area (Å²) in [6.07, 6.45) is 9.00. The van der Waals surface area contributed by atoms with E-state index in [9.17, 15) is 4.39 Å². The van der Waals surface area contributed by atoms with Gasteiger partial charge < -0.3 is 14.6 Å². The Balaban J connectivity index is 0.000000127. The van der Waals surface area contributed by atoms with Gasteiger partial charge in [-0.2, -0.15) is 5.26 Å². The van der Waals surface area contributed by atoms with E-state index in [-0.39, 0.29) is 5.82 Å². The number of fused-ring (bicyclic) bond motifs is 1. The van der Waals surface area contributed by atoms with Crippen molar-refractivity contribution >= 4 is 10.9 Å². The molecule has 0 atom stereocenters. The zero-order valence-corrected chi connectivity index (χ0v) is 14.9. The van der Waals surface area contributed by atoms with Crippen LogP contribution in [0.4, 0.5) is 4.39 Å². The van der Waals surface area contributed by atoms with Gasteiger partial charge in [0, 0.05) is 31.8 Å². The number of aryl methyl sites for hydroxylation is 1. The van der Waals surface area contributed by atoms with Gasteiger partial charge in [-0.05, 0) is 68.8 Å². The van der Waals surface area contributed by atoms with Crippen molar-refractivity contribution in [3.8, 4) is 6.07 Å². The molecule has 1 spiro atoms. The Bertz CT molecular complexity index is 742. The van der Waals surface area contributed by atoms with Crippen molar-refractivity contribution < 1.29 is 9.13 Å². The van der Waals surface area contributed by atoms with Crippen molar-refractivity contribution in [3.63, 3.8) is 0 Å². The molecule has 25 heavy (non-hydrogen) atoms. The number of halogens is 1. The van der Waals surface area contributed by atoms with E-state index < -0.39 is 0 Å². The average molecular weight is 343 g/mol. The number of nitrogens with zero attached hydrogens (tertiary/aromatic N) is 2. The maximum Gasteiger partial charge on any atom is 0.133 e. The van der Waals surface area contributed by atoms with Crippen LogP contribution >= 0.6 is 0 Å². The molecule has 4 nitrogen and oxygen atoms in total. The highest BCUT2D eigenvalue weighted by molar-refractivity contribution is 5.82. The van der Waals surface area contributed by atoms with E-state index in [0.29, 0.717) is 10.9 Å². The summed E-state index contributed by atoms with van der Waals surface area (Å²) in [6.45, 7) is 4.56. The highest BCUT2D eigenvalue weighted by atomic mass is 19.1. The van der Waals surface area contributed by atoms with Gasteiger partial charge >= 0.3 is 0 Å². The Labute approximate surface area is 148 Å². The van der Waals surface area contributed by atoms with Crippen molar-refractivity contribution in [2.45, 2.75) is 32.1 Å². The SMILES string of the molecule is C1CC2(CCN1)CC2.C1COC1.Cn1ccc2c(F)cc(C#N)cc21. The Morgan fingerprint density at radius 3 is 2.32 bits per heavy atom. The smallest absolute Gasteiger partial charge is 0.133 e. The maximum absolute atomic E-state index is 13.3. The molecule has 1 N–H and O–H groups in total. The number of ether oxygens (including phenoxy) is 1. The molecule has 0 radical (unpaired) electrons. The first-order chi connectivity index (χ1) is 12.1. The van der Waals surface area contributed by atoms with E-state index in [0.717, 1.165) is 24.1 Å². The van der Waals surface area contributed by atoms with E-state index in [4.69, 9.17) is 10.00 Å². The van der Waals surface area contributed by atoms with Crippen LogP contribution in [0.25, 0.3) is 10.9 Å². The Kier molecular flexibility index (Phi) is 5.72. The minimum Gasteiger partial charge on any atom is -0.381 e. The quantitative estimate of drug-likeness (QED) is 0.793. The minimum atomic E-state index is -0.338. The fourth-order valence-electron chi connectivity index (χ4n) is 3.17. The second-order valence-corrected chi connectivity index (χ2v) is 7.15. The number of hydrogen-bond acceptors (Lipinski definition) is 3. The molecule has 3 fully saturated rings. The number of nitriles is 1. The summed E-state index contributed by atoms with van der Waals surface area (Å²) in [4.78, 5) is 0. The first-order valence-corrected chi connectivity index (χ1v) is 9.07. The monoisotopic (exact) mass is 343 g/mol. The number of nitrogens with one attached hydrogen (secondary N) is 1. The molecule has 3 heterocycles. The number of rotatable bonds is 0. The van der Waals surface area contributed by atoms with Crippen LogP contribution in [0.2, 0.25) is 0 Å². The molecule has 0 bridgehead atoms. The molecule has 2 aliphatic heterocycles. The predicted octanol–water partition coefficient (Wildman–Crippen LogP) is 3.75. The molecule has 1 aromatic heterocycles. The zero-order valence-electron chi connectivity index (χ0n) is 14.9. The third kappa shape index (κ3) is 4.59. The lowest BCUT2D eigenvalue weighted by atomic mass is 9.95. The second-order valence-electron chi connectivity index (χ2n) is 7.15. The number of hydrogen-bond donors (Lipinski definition) is 1. The molecule has 3 aliphatic rings. The summed E-state index contributed by atoms with van der Waals surface area (Å²) >= 11 is 0. The minimum absolute atomic E-state index is 0.338. The van der Waals surface area contributed by atoms with Crippen molar-refractivity contribution in [2.75, 3.05) is 26.3 Å². The van der Waals surface area contributed by atoms with Crippen LogP contribution in [0.1, 0.15) is 37.7 Å². The van der Waals surface area contributed by atoms with Gasteiger partial charge in [-0.15, -0.1) is 0 Å². The molecule has 1 aromatic carbocycles. The van der Waals surface area contributed by atoms with Crippen LogP contribution < -0.4 is 5.32 Å². The van der Waals surface area contributed by atoms with Gasteiger partial charge in [0.05, 0.1) is 17.1 Å². The number of aromatic nitrogens is 1. The van der Waals surface area contributed by atoms with E-state index in [2.05, 4.69) is 5.32 Å². The topological polar surface area (TPSA) is 50.0 Å². The number of benzene rings is 1. The van der Waals surface area contributed by atoms with Gasteiger partial charge in [0.1, 0.15) is 5.82 Å². The van der Waals surface area contributed by atoms with Crippen LogP contribution in [0.15, 0.2) is 24.4 Å². The Hall–Kier alpha value is -1.90. The van der Waals surface area contributed by atoms with E-state index in [1.165, 1.54) is 51.3 Å². The van der Waals surface area contributed by atoms with Crippen LogP contribution in [0.3, 0.4) is 0 Å². The molecule has 2 saturated heterocycles. The van der Waals surface area contributed by atoms with Crippen LogP contribution in [-0.4, -0.2) is 30.9 Å². The van der Waals surface area contributed by atoms with Gasteiger partial charge in [0.25, 0.3) is 0 Å². The van der Waals surface area contributed by atoms with Crippen LogP contribution in [0.5, 0.6) is 0 Å². The standard InChI is InChI=1S/C10H7FN2.C7H13N.C3H6O/c1-13-3-2-8-9(11)4-7(6-12)5-10(8)13;1-2-7(1)3-5-8-6-4-7;1-2-4-3-1/h2-5H,1H3;8H,1-6H2;1-3H2. The lowest BCUT2D eigenvalue weighted by Gasteiger charge is -2.20. The molecule has 1 saturated carbocycles. The summed E-state index contributed by atoms with van der Waals surface area (Å²) in [7, 11) is 1.82. The molecule has 1 aliphatic carbocycles. The van der Waals surface area contributed by atoms with Gasteiger partial charge in [-0.1, -0.05) is 0 Å². The van der Waals surface area contributed by atoms with Gasteiger partial charge in [-0.25, -0.2) is 4.39 Å². The molecular formula is C20H26FN3O. The van der Waals surface area contributed by atoms with Crippen LogP contribution in [-0.2, 0) is 11.8 Å². The van der Waals surface area contributed by atoms with Crippen molar-refractivity contribution in [1.82, 2.24) is 9.88 Å². The molecule has 134 valence electrons. The summed E-state index contributed by atoms with van der Waals surface area (Å²) in [5.74, 6) is -0.338. The van der Waals surface area contributed by atoms with Crippen LogP contribution in [0, 0.1) is 22.6 Å². The van der Waals surface area contributed by atoms with Crippen molar-refractivity contribution in [2.24, 2.45) is 12.5 Å². The van der Waals surface area contributed by atoms with Gasteiger partial charge in [-0.3, -0.25) is 0 Å². The first kappa shape index (κ1) is 17.9. The third-order valence-corrected chi connectivity index (χ3v) is 5.28. The molecular weight excluding hydrogens is 317 g/mol. The Morgan fingerprint density at radius 1 is 1.20 bits per heavy atom. The third-order valence-electron chi connectivity index (χ3n) is 5.28. The fourth-order valence-corrected chi connectivity index (χ4v) is 3.17. The summed E-state index contributed by atoms with van der Waals surface area (Å²) in [6, 6.07) is 6.56. The predicted molar refractivity (Wildman–Crippen MR) is 96.8 cm³/mol. The first-order valence-electron chi connectivity index (χ1n) is 9.07. The van der Waals surface area contributed by atoms with E-state index in [1.54, 1.807) is 22.9 Å². The number of piperidine rings is 1. The molecule has 5 rings (SSSR count). The van der Waals surface area contributed by atoms with Gasteiger partial charge in [0.2, 0.25) is 0 Å². The highest BCUT2D eigenvalue weighted by Crippen LogP contribution is 2.52. The highest BCUT2D eigenvalue weighted by Gasteiger charge is 2.42.